The Kier molecular flexibility index (Phi) is 4.33. The van der Waals surface area contributed by atoms with Crippen molar-refractivity contribution in [2.45, 2.75) is 6.55 Å². The molecular weight excluding hydrogens is 152 g/mol. The van der Waals surface area contributed by atoms with Crippen LogP contribution < -0.4 is 0 Å². The lowest BCUT2D eigenvalue weighted by Crippen LogP contribution is -2.48. The summed E-state index contributed by atoms with van der Waals surface area (Å²) in [5.74, 6) is 0. The molecule has 0 aromatic carbocycles. The first-order valence-electron chi connectivity index (χ1n) is 2.90. The molecule has 0 bridgehead atoms. The van der Waals surface area contributed by atoms with Crippen LogP contribution in [0.1, 0.15) is 0 Å². The number of hydrogen-bond donors (Lipinski definition) is 0. The van der Waals surface area contributed by atoms with Crippen molar-refractivity contribution >= 4 is 17.4 Å². The molecule has 0 amide bonds. The van der Waals surface area contributed by atoms with E-state index in [2.05, 4.69) is 6.55 Å². The van der Waals surface area contributed by atoms with Gasteiger partial charge in [-0.1, -0.05) is 6.55 Å². The van der Waals surface area contributed by atoms with Crippen LogP contribution in [0.15, 0.2) is 0 Å². The van der Waals surface area contributed by atoms with Crippen LogP contribution in [-0.4, -0.2) is 38.7 Å². The molecule has 0 aliphatic carbocycles. The van der Waals surface area contributed by atoms with Crippen molar-refractivity contribution in [3.8, 4) is 0 Å². The fourth-order valence-electron chi connectivity index (χ4n) is 0.683. The van der Waals surface area contributed by atoms with Gasteiger partial charge in [0.05, 0.1) is 0 Å². The van der Waals surface area contributed by atoms with Crippen molar-refractivity contribution in [1.82, 2.24) is 0 Å². The molecule has 3 nitrogen and oxygen atoms in total. The minimum atomic E-state index is -2.05. The molecule has 0 spiro atoms. The highest BCUT2D eigenvalue weighted by Crippen LogP contribution is 2.01. The average Bonchev–Trinajstić information content (AvgIpc) is 1.95. The molecule has 0 fully saturated rings. The summed E-state index contributed by atoms with van der Waals surface area (Å²) >= 11 is 0. The molecule has 9 heavy (non-hydrogen) atoms. The zero-order chi connectivity index (χ0) is 7.33. The lowest BCUT2D eigenvalue weighted by atomic mass is 11.8. The number of rotatable bonds is 4. The summed E-state index contributed by atoms with van der Waals surface area (Å²) in [5.41, 5.74) is 0. The molecule has 56 valence electrons. The first kappa shape index (κ1) is 9.31. The topological polar surface area (TPSA) is 27.7 Å². The van der Waals surface area contributed by atoms with E-state index in [0.29, 0.717) is 0 Å². The molecule has 0 aliphatic rings. The maximum atomic E-state index is 5.14. The Bertz CT molecular complexity index is 56.7. The molecule has 0 aromatic heterocycles. The third-order valence-electron chi connectivity index (χ3n) is 1.37. The van der Waals surface area contributed by atoms with Crippen molar-refractivity contribution in [2.24, 2.45) is 0 Å². The minimum absolute atomic E-state index is 0.307. The SMILES string of the molecule is CO[Si](OC)(OC)[SiH2]C. The van der Waals surface area contributed by atoms with Gasteiger partial charge in [0.1, 0.15) is 9.04 Å². The monoisotopic (exact) mass is 166 g/mol. The summed E-state index contributed by atoms with van der Waals surface area (Å²) in [5, 5.41) is 0. The van der Waals surface area contributed by atoms with E-state index in [0.717, 1.165) is 0 Å². The Balaban J connectivity index is 3.82. The van der Waals surface area contributed by atoms with E-state index < -0.39 is 8.32 Å². The van der Waals surface area contributed by atoms with Crippen LogP contribution in [0.3, 0.4) is 0 Å². The molecule has 0 unspecified atom stereocenters. The Morgan fingerprint density at radius 3 is 1.33 bits per heavy atom. The number of hydrogen-bond acceptors (Lipinski definition) is 3. The summed E-state index contributed by atoms with van der Waals surface area (Å²) in [6.07, 6.45) is 0. The molecular formula is C4H14O3Si2. The van der Waals surface area contributed by atoms with Gasteiger partial charge in [0.15, 0.2) is 0 Å². The summed E-state index contributed by atoms with van der Waals surface area (Å²) in [6.45, 7) is 2.13. The molecule has 0 aliphatic heterocycles. The molecule has 0 saturated heterocycles. The van der Waals surface area contributed by atoms with Gasteiger partial charge in [0, 0.05) is 21.3 Å². The quantitative estimate of drug-likeness (QED) is 0.531. The predicted octanol–water partition coefficient (Wildman–Crippen LogP) is -0.422. The molecule has 0 heterocycles. The van der Waals surface area contributed by atoms with E-state index in [1.165, 1.54) is 0 Å². The van der Waals surface area contributed by atoms with E-state index >= 15 is 0 Å². The van der Waals surface area contributed by atoms with Crippen molar-refractivity contribution in [2.75, 3.05) is 21.3 Å². The van der Waals surface area contributed by atoms with Crippen molar-refractivity contribution in [3.05, 3.63) is 0 Å². The molecule has 0 aromatic rings. The zero-order valence-corrected chi connectivity index (χ0v) is 8.85. The first-order chi connectivity index (χ1) is 4.24. The smallest absolute Gasteiger partial charge is 0.380 e. The largest absolute Gasteiger partial charge is 0.460 e. The Hall–Kier alpha value is 0.314. The molecule has 5 heteroatoms. The summed E-state index contributed by atoms with van der Waals surface area (Å²) in [4.78, 5) is 0. The van der Waals surface area contributed by atoms with Gasteiger partial charge in [-0.2, -0.15) is 0 Å². The second-order valence-corrected chi connectivity index (χ2v) is 9.67. The van der Waals surface area contributed by atoms with Crippen molar-refractivity contribution in [1.29, 1.82) is 0 Å². The van der Waals surface area contributed by atoms with Gasteiger partial charge in [-0.15, -0.1) is 0 Å². The van der Waals surface area contributed by atoms with Gasteiger partial charge in [0.2, 0.25) is 0 Å². The van der Waals surface area contributed by atoms with E-state index in [1.54, 1.807) is 21.3 Å². The van der Waals surface area contributed by atoms with Gasteiger partial charge in [0.25, 0.3) is 0 Å². The second kappa shape index (κ2) is 4.18. The minimum Gasteiger partial charge on any atom is -0.380 e. The van der Waals surface area contributed by atoms with Crippen LogP contribution >= 0.6 is 0 Å². The van der Waals surface area contributed by atoms with Crippen LogP contribution in [-0.2, 0) is 13.3 Å². The standard InChI is InChI=1S/C4H14O3Si2/c1-5-9(6-2,7-3)8-4/h8H2,1-4H3. The Morgan fingerprint density at radius 2 is 1.33 bits per heavy atom. The van der Waals surface area contributed by atoms with Gasteiger partial charge >= 0.3 is 8.32 Å². The van der Waals surface area contributed by atoms with Crippen LogP contribution in [0, 0.1) is 0 Å². The fourth-order valence-corrected chi connectivity index (χ4v) is 4.65. The van der Waals surface area contributed by atoms with Gasteiger partial charge in [-0.05, 0) is 0 Å². The summed E-state index contributed by atoms with van der Waals surface area (Å²) in [7, 11) is 2.59. The van der Waals surface area contributed by atoms with E-state index in [1.807, 2.05) is 0 Å². The second-order valence-electron chi connectivity index (χ2n) is 1.65. The first-order valence-corrected chi connectivity index (χ1v) is 8.37. The summed E-state index contributed by atoms with van der Waals surface area (Å²) < 4.78 is 15.4. The zero-order valence-electron chi connectivity index (χ0n) is 6.43. The highest BCUT2D eigenvalue weighted by Gasteiger charge is 2.34. The normalized spacial score (nSPS) is 13.3. The highest BCUT2D eigenvalue weighted by molar-refractivity contribution is 7.14. The maximum Gasteiger partial charge on any atom is 0.460 e. The van der Waals surface area contributed by atoms with E-state index in [-0.39, 0.29) is 9.04 Å². The molecule has 0 N–H and O–H groups in total. The van der Waals surface area contributed by atoms with Crippen molar-refractivity contribution < 1.29 is 13.3 Å². The summed E-state index contributed by atoms with van der Waals surface area (Å²) in [6, 6.07) is 0. The van der Waals surface area contributed by atoms with Crippen LogP contribution in [0.4, 0.5) is 0 Å². The van der Waals surface area contributed by atoms with Crippen molar-refractivity contribution in [3.63, 3.8) is 0 Å². The van der Waals surface area contributed by atoms with E-state index in [9.17, 15) is 0 Å². The Labute approximate surface area is 59.3 Å². The van der Waals surface area contributed by atoms with E-state index in [4.69, 9.17) is 13.3 Å². The fraction of sp³-hybridized carbons (Fsp3) is 1.00. The van der Waals surface area contributed by atoms with Gasteiger partial charge in [-0.25, -0.2) is 0 Å². The lowest BCUT2D eigenvalue weighted by Gasteiger charge is -2.22. The maximum absolute atomic E-state index is 5.14. The van der Waals surface area contributed by atoms with Crippen LogP contribution in [0.25, 0.3) is 0 Å². The van der Waals surface area contributed by atoms with Gasteiger partial charge in [-0.3, -0.25) is 0 Å². The van der Waals surface area contributed by atoms with Crippen LogP contribution in [0.2, 0.25) is 6.55 Å². The third kappa shape index (κ3) is 2.19. The molecule has 0 rings (SSSR count). The Morgan fingerprint density at radius 1 is 1.00 bits per heavy atom. The van der Waals surface area contributed by atoms with Crippen LogP contribution in [0.5, 0.6) is 0 Å². The molecule has 0 atom stereocenters. The van der Waals surface area contributed by atoms with Gasteiger partial charge < -0.3 is 13.3 Å². The average molecular weight is 166 g/mol. The molecule has 0 saturated carbocycles. The molecule has 0 radical (unpaired) electrons. The highest BCUT2D eigenvalue weighted by atomic mass is 29.2. The predicted molar refractivity (Wildman–Crippen MR) is 41.2 cm³/mol. The third-order valence-corrected chi connectivity index (χ3v) is 9.29. The lowest BCUT2D eigenvalue weighted by molar-refractivity contribution is 0.148.